The highest BCUT2D eigenvalue weighted by Crippen LogP contribution is 2.36. The summed E-state index contributed by atoms with van der Waals surface area (Å²) in [4.78, 5) is 11.8. The van der Waals surface area contributed by atoms with Crippen LogP contribution in [0.1, 0.15) is 25.7 Å². The van der Waals surface area contributed by atoms with E-state index in [0.717, 1.165) is 4.73 Å². The minimum Gasteiger partial charge on any atom is -0.321 e. The van der Waals surface area contributed by atoms with Crippen LogP contribution in [0, 0.1) is 5.92 Å². The summed E-state index contributed by atoms with van der Waals surface area (Å²) in [5.74, 6) is -3.82. The zero-order chi connectivity index (χ0) is 13.2. The lowest BCUT2D eigenvalue weighted by Crippen LogP contribution is -2.34. The van der Waals surface area contributed by atoms with Gasteiger partial charge >= 0.3 is 0 Å². The summed E-state index contributed by atoms with van der Waals surface area (Å²) in [5.41, 5.74) is 0.388. The van der Waals surface area contributed by atoms with Gasteiger partial charge in [0.25, 0.3) is 0 Å². The highest BCUT2D eigenvalue weighted by Gasteiger charge is 2.39. The lowest BCUT2D eigenvalue weighted by Gasteiger charge is -2.27. The predicted molar refractivity (Wildman–Crippen MR) is 59.4 cm³/mol. The summed E-state index contributed by atoms with van der Waals surface area (Å²) in [6.45, 7) is 0. The molecule has 2 rings (SSSR count). The summed E-state index contributed by atoms with van der Waals surface area (Å²) in [7, 11) is 0. The lowest BCUT2D eigenvalue weighted by molar-refractivity contribution is -0.904. The van der Waals surface area contributed by atoms with Gasteiger partial charge in [-0.1, -0.05) is 0 Å². The van der Waals surface area contributed by atoms with E-state index in [1.165, 1.54) is 12.4 Å². The molecule has 6 heteroatoms. The van der Waals surface area contributed by atoms with Gasteiger partial charge in [0.15, 0.2) is 0 Å². The molecule has 0 spiro atoms. The number of alkyl halides is 2. The normalized spacial score (nSPS) is 22.4. The second-order valence-corrected chi connectivity index (χ2v) is 4.61. The van der Waals surface area contributed by atoms with E-state index in [2.05, 4.69) is 5.32 Å². The molecule has 1 aromatic heterocycles. The molecule has 0 aliphatic heterocycles. The first-order chi connectivity index (χ1) is 8.46. The van der Waals surface area contributed by atoms with Gasteiger partial charge in [0.1, 0.15) is 5.69 Å². The Bertz CT molecular complexity index is 451. The van der Waals surface area contributed by atoms with E-state index in [-0.39, 0.29) is 6.42 Å². The minimum atomic E-state index is -2.74. The predicted octanol–water partition coefficient (Wildman–Crippen LogP) is 1.98. The number of carbonyl (C=O) groups is 1. The van der Waals surface area contributed by atoms with Crippen LogP contribution in [-0.2, 0) is 4.79 Å². The first-order valence-electron chi connectivity index (χ1n) is 5.85. The van der Waals surface area contributed by atoms with E-state index >= 15 is 0 Å². The molecular weight excluding hydrogens is 242 g/mol. The van der Waals surface area contributed by atoms with Gasteiger partial charge in [-0.15, -0.1) is 0 Å². The molecular formula is C12H15F2N2O2+. The Labute approximate surface area is 103 Å². The van der Waals surface area contributed by atoms with Crippen LogP contribution in [-0.4, -0.2) is 17.0 Å². The molecule has 1 fully saturated rings. The van der Waals surface area contributed by atoms with Crippen molar-refractivity contribution in [1.82, 2.24) is 0 Å². The number of nitrogens with one attached hydrogen (secondary N) is 1. The van der Waals surface area contributed by atoms with Crippen molar-refractivity contribution in [2.45, 2.75) is 31.6 Å². The van der Waals surface area contributed by atoms with Gasteiger partial charge in [-0.05, 0) is 18.9 Å². The molecule has 1 aliphatic rings. The Morgan fingerprint density at radius 1 is 1.56 bits per heavy atom. The van der Waals surface area contributed by atoms with Gasteiger partial charge in [0.05, 0.1) is 0 Å². The SMILES string of the molecule is O=C(Nc1ccc[n+](O)c1)C1CCCC(F)(F)C1. The largest absolute Gasteiger partial charge is 0.321 e. The molecule has 0 aromatic carbocycles. The number of nitrogens with zero attached hydrogens (tertiary/aromatic N) is 1. The summed E-state index contributed by atoms with van der Waals surface area (Å²) >= 11 is 0. The highest BCUT2D eigenvalue weighted by atomic mass is 19.3. The molecule has 1 saturated carbocycles. The number of amides is 1. The summed E-state index contributed by atoms with van der Waals surface area (Å²) < 4.78 is 27.2. The van der Waals surface area contributed by atoms with E-state index in [4.69, 9.17) is 5.21 Å². The summed E-state index contributed by atoms with van der Waals surface area (Å²) in [6.07, 6.45) is 3.00. The molecule has 1 amide bonds. The molecule has 1 unspecified atom stereocenters. The molecule has 0 radical (unpaired) electrons. The monoisotopic (exact) mass is 257 g/mol. The van der Waals surface area contributed by atoms with Gasteiger partial charge in [-0.25, -0.2) is 8.78 Å². The van der Waals surface area contributed by atoms with Crippen molar-refractivity contribution in [2.24, 2.45) is 5.92 Å². The highest BCUT2D eigenvalue weighted by molar-refractivity contribution is 5.92. The standard InChI is InChI=1S/C12H14F2N2O2/c13-12(14)5-1-3-9(7-12)11(17)15-10-4-2-6-16(18)8-10/h2,4,6,8-9H,1,3,5,7H2,(H-,15,17,18)/p+1. The number of pyridine rings is 1. The average molecular weight is 257 g/mol. The lowest BCUT2D eigenvalue weighted by atomic mass is 9.86. The topological polar surface area (TPSA) is 53.2 Å². The third kappa shape index (κ3) is 3.15. The molecule has 0 saturated heterocycles. The van der Waals surface area contributed by atoms with E-state index in [1.807, 2.05) is 0 Å². The van der Waals surface area contributed by atoms with Crippen molar-refractivity contribution >= 4 is 11.6 Å². The fourth-order valence-electron chi connectivity index (χ4n) is 2.18. The van der Waals surface area contributed by atoms with Crippen molar-refractivity contribution in [3.63, 3.8) is 0 Å². The Balaban J connectivity index is 2.00. The third-order valence-electron chi connectivity index (χ3n) is 3.06. The number of aromatic nitrogens is 1. The Hall–Kier alpha value is -1.72. The second-order valence-electron chi connectivity index (χ2n) is 4.61. The van der Waals surface area contributed by atoms with Crippen LogP contribution in [0.2, 0.25) is 0 Å². The maximum atomic E-state index is 13.2. The molecule has 1 atom stereocenters. The fourth-order valence-corrected chi connectivity index (χ4v) is 2.18. The molecule has 1 aromatic rings. The van der Waals surface area contributed by atoms with Crippen molar-refractivity contribution < 1.29 is 23.5 Å². The fraction of sp³-hybridized carbons (Fsp3) is 0.500. The van der Waals surface area contributed by atoms with Crippen LogP contribution in [0.3, 0.4) is 0 Å². The van der Waals surface area contributed by atoms with Gasteiger partial charge < -0.3 is 5.32 Å². The number of carbonyl (C=O) groups excluding carboxylic acids is 1. The first kappa shape index (κ1) is 12.7. The van der Waals surface area contributed by atoms with Crippen molar-refractivity contribution in [1.29, 1.82) is 0 Å². The molecule has 4 nitrogen and oxygen atoms in total. The van der Waals surface area contributed by atoms with Crippen LogP contribution in [0.25, 0.3) is 0 Å². The Kier molecular flexibility index (Phi) is 3.45. The molecule has 1 heterocycles. The van der Waals surface area contributed by atoms with Gasteiger partial charge in [0.2, 0.25) is 24.2 Å². The number of rotatable bonds is 2. The minimum absolute atomic E-state index is 0.140. The van der Waals surface area contributed by atoms with Crippen LogP contribution in [0.4, 0.5) is 14.5 Å². The van der Waals surface area contributed by atoms with Gasteiger partial charge in [-0.2, -0.15) is 0 Å². The Morgan fingerprint density at radius 2 is 2.33 bits per heavy atom. The van der Waals surface area contributed by atoms with Crippen molar-refractivity contribution in [3.8, 4) is 0 Å². The average Bonchev–Trinajstić information content (AvgIpc) is 2.27. The maximum absolute atomic E-state index is 13.2. The summed E-state index contributed by atoms with van der Waals surface area (Å²) in [6, 6.07) is 3.14. The second kappa shape index (κ2) is 4.88. The van der Waals surface area contributed by atoms with Gasteiger partial charge in [-0.3, -0.25) is 10.0 Å². The van der Waals surface area contributed by atoms with E-state index in [1.54, 1.807) is 12.1 Å². The number of hydrogen-bond acceptors (Lipinski definition) is 2. The van der Waals surface area contributed by atoms with Crippen LogP contribution in [0.15, 0.2) is 24.5 Å². The molecule has 98 valence electrons. The Morgan fingerprint density at radius 3 is 3.00 bits per heavy atom. The maximum Gasteiger partial charge on any atom is 0.248 e. The van der Waals surface area contributed by atoms with E-state index < -0.39 is 24.2 Å². The molecule has 2 N–H and O–H groups in total. The van der Waals surface area contributed by atoms with Crippen molar-refractivity contribution in [2.75, 3.05) is 5.32 Å². The first-order valence-corrected chi connectivity index (χ1v) is 5.85. The van der Waals surface area contributed by atoms with Crippen LogP contribution >= 0.6 is 0 Å². The number of anilines is 1. The van der Waals surface area contributed by atoms with Gasteiger partial charge in [0, 0.05) is 29.6 Å². The van der Waals surface area contributed by atoms with E-state index in [0.29, 0.717) is 18.5 Å². The number of hydrogen-bond donors (Lipinski definition) is 2. The molecule has 0 bridgehead atoms. The summed E-state index contributed by atoms with van der Waals surface area (Å²) in [5, 5.41) is 11.7. The smallest absolute Gasteiger partial charge is 0.248 e. The quantitative estimate of drug-likeness (QED) is 0.628. The molecule has 18 heavy (non-hydrogen) atoms. The van der Waals surface area contributed by atoms with Crippen LogP contribution in [0.5, 0.6) is 0 Å². The zero-order valence-electron chi connectivity index (χ0n) is 9.77. The number of halogens is 2. The van der Waals surface area contributed by atoms with E-state index in [9.17, 15) is 13.6 Å². The third-order valence-corrected chi connectivity index (χ3v) is 3.06. The van der Waals surface area contributed by atoms with Crippen LogP contribution < -0.4 is 10.0 Å². The van der Waals surface area contributed by atoms with Crippen molar-refractivity contribution in [3.05, 3.63) is 24.5 Å². The molecule has 1 aliphatic carbocycles. The zero-order valence-corrected chi connectivity index (χ0v) is 9.77.